The molecule has 1 fully saturated rings. The van der Waals surface area contributed by atoms with Gasteiger partial charge in [0.15, 0.2) is 5.78 Å². The van der Waals surface area contributed by atoms with E-state index >= 15 is 0 Å². The third-order valence-electron chi connectivity index (χ3n) is 8.21. The lowest BCUT2D eigenvalue weighted by Gasteiger charge is -2.33. The summed E-state index contributed by atoms with van der Waals surface area (Å²) in [7, 11) is 0. The summed E-state index contributed by atoms with van der Waals surface area (Å²) in [5, 5.41) is 36.2. The summed E-state index contributed by atoms with van der Waals surface area (Å²) >= 11 is 0. The van der Waals surface area contributed by atoms with Gasteiger partial charge < -0.3 is 37.0 Å². The van der Waals surface area contributed by atoms with Crippen molar-refractivity contribution in [2.24, 2.45) is 5.73 Å². The highest BCUT2D eigenvalue weighted by atomic mass is 16.4. The summed E-state index contributed by atoms with van der Waals surface area (Å²) in [4.78, 5) is 92.1. The summed E-state index contributed by atoms with van der Waals surface area (Å²) < 4.78 is 0. The largest absolute Gasteiger partial charge is 0.480 e. The molecule has 1 saturated heterocycles. The molecule has 0 unspecified atom stereocenters. The van der Waals surface area contributed by atoms with E-state index in [9.17, 15) is 48.9 Å². The molecule has 0 aromatic heterocycles. The van der Waals surface area contributed by atoms with E-state index in [1.165, 1.54) is 0 Å². The molecule has 0 radical (unpaired) electrons. The zero-order chi connectivity index (χ0) is 37.8. The fourth-order valence-electron chi connectivity index (χ4n) is 5.43. The van der Waals surface area contributed by atoms with Gasteiger partial charge in [0, 0.05) is 70.0 Å². The molecule has 284 valence electrons. The normalized spacial score (nSPS) is 16.2. The lowest BCUT2D eigenvalue weighted by Crippen LogP contribution is -2.52. The Labute approximate surface area is 297 Å². The molecule has 2 rings (SSSR count). The standard InChI is InChI=1S/C33H52N8O10/c1-2-27(42)24-6-8-25(9-7-24)36-28(43)19-35-33(51)26(5-3-4-10-34)37-29(44)20-38-11-13-39(21-30(45)46)15-17-41(23-32(49)50)18-16-40(14-12-38)22-31(47)48/h6-9,26H,2-5,10-23,34H2,1H3,(H,35,51)(H,36,43)(H,37,44)(H,45,46)(H,47,48)(H,49,50)/t26-/m0/s1. The highest BCUT2D eigenvalue weighted by Crippen LogP contribution is 2.11. The molecule has 0 spiro atoms. The van der Waals surface area contributed by atoms with Gasteiger partial charge in [0.1, 0.15) is 6.04 Å². The van der Waals surface area contributed by atoms with E-state index in [0.29, 0.717) is 37.1 Å². The number of amides is 3. The molecule has 18 heteroatoms. The molecule has 51 heavy (non-hydrogen) atoms. The van der Waals surface area contributed by atoms with E-state index in [2.05, 4.69) is 16.0 Å². The molecule has 1 atom stereocenters. The van der Waals surface area contributed by atoms with Crippen molar-refractivity contribution < 1.29 is 48.9 Å². The summed E-state index contributed by atoms with van der Waals surface area (Å²) in [5.74, 6) is -4.79. The van der Waals surface area contributed by atoms with Gasteiger partial charge >= 0.3 is 17.9 Å². The van der Waals surface area contributed by atoms with Crippen molar-refractivity contribution in [2.45, 2.75) is 38.6 Å². The number of carboxylic acids is 3. The van der Waals surface area contributed by atoms with Gasteiger partial charge in [0.25, 0.3) is 0 Å². The Bertz CT molecular complexity index is 1300. The summed E-state index contributed by atoms with van der Waals surface area (Å²) in [6.07, 6.45) is 1.74. The van der Waals surface area contributed by atoms with Crippen LogP contribution in [-0.2, 0) is 28.8 Å². The summed E-state index contributed by atoms with van der Waals surface area (Å²) in [6.45, 7) is 2.59. The number of ketones is 1. The molecule has 1 aromatic carbocycles. The lowest BCUT2D eigenvalue weighted by molar-refractivity contribution is -0.140. The third kappa shape index (κ3) is 17.8. The van der Waals surface area contributed by atoms with Crippen molar-refractivity contribution in [3.05, 3.63) is 29.8 Å². The maximum atomic E-state index is 13.3. The predicted molar refractivity (Wildman–Crippen MR) is 186 cm³/mol. The molecule has 18 nitrogen and oxygen atoms in total. The number of nitrogens with one attached hydrogen (secondary N) is 3. The first-order valence-corrected chi connectivity index (χ1v) is 17.0. The number of nitrogens with zero attached hydrogens (tertiary/aromatic N) is 4. The van der Waals surface area contributed by atoms with Gasteiger partial charge in [-0.1, -0.05) is 6.92 Å². The number of Topliss-reactive ketones (excluding diaryl/α,β-unsaturated/α-hetero) is 1. The smallest absolute Gasteiger partial charge is 0.317 e. The molecular formula is C33H52N8O10. The van der Waals surface area contributed by atoms with Gasteiger partial charge in [-0.05, 0) is 50.1 Å². The summed E-state index contributed by atoms with van der Waals surface area (Å²) in [5.41, 5.74) is 6.60. The number of benzene rings is 1. The van der Waals surface area contributed by atoms with Gasteiger partial charge in [-0.3, -0.25) is 53.2 Å². The van der Waals surface area contributed by atoms with Gasteiger partial charge in [-0.2, -0.15) is 0 Å². The fourth-order valence-corrected chi connectivity index (χ4v) is 5.43. The molecule has 1 aliphatic rings. The van der Waals surface area contributed by atoms with E-state index < -0.39 is 41.7 Å². The van der Waals surface area contributed by atoms with Gasteiger partial charge in [0.2, 0.25) is 17.7 Å². The minimum atomic E-state index is -1.06. The van der Waals surface area contributed by atoms with Crippen LogP contribution in [0.4, 0.5) is 5.69 Å². The van der Waals surface area contributed by atoms with Crippen molar-refractivity contribution in [3.63, 3.8) is 0 Å². The lowest BCUT2D eigenvalue weighted by atomic mass is 10.1. The van der Waals surface area contributed by atoms with Gasteiger partial charge in [0.05, 0.1) is 32.7 Å². The predicted octanol–water partition coefficient (Wildman–Crippen LogP) is -1.58. The number of anilines is 1. The van der Waals surface area contributed by atoms with Crippen molar-refractivity contribution >= 4 is 47.1 Å². The number of hydrogen-bond acceptors (Lipinski definition) is 12. The molecule has 0 aliphatic carbocycles. The van der Waals surface area contributed by atoms with E-state index in [0.717, 1.165) is 0 Å². The van der Waals surface area contributed by atoms with Crippen LogP contribution < -0.4 is 21.7 Å². The molecule has 3 amide bonds. The van der Waals surface area contributed by atoms with Crippen LogP contribution in [0.3, 0.4) is 0 Å². The second kappa shape index (κ2) is 23.1. The van der Waals surface area contributed by atoms with Crippen molar-refractivity contribution in [3.8, 4) is 0 Å². The number of aliphatic carboxylic acids is 3. The Morgan fingerprint density at radius 3 is 1.55 bits per heavy atom. The maximum Gasteiger partial charge on any atom is 0.317 e. The Balaban J connectivity index is 2.09. The number of nitrogens with two attached hydrogens (primary N) is 1. The van der Waals surface area contributed by atoms with E-state index in [4.69, 9.17) is 5.73 Å². The number of carbonyl (C=O) groups excluding carboxylic acids is 4. The fraction of sp³-hybridized carbons (Fsp3) is 0.606. The zero-order valence-corrected chi connectivity index (χ0v) is 29.2. The SMILES string of the molecule is CCC(=O)c1ccc(NC(=O)CNC(=O)[C@H](CCCCN)NC(=O)CN2CCN(CC(=O)O)CCN(CC(=O)O)CCN(CC(=O)O)CC2)cc1. The van der Waals surface area contributed by atoms with Crippen LogP contribution in [-0.4, -0.2) is 174 Å². The highest BCUT2D eigenvalue weighted by Gasteiger charge is 2.24. The molecule has 0 saturated carbocycles. The Morgan fingerprint density at radius 1 is 0.686 bits per heavy atom. The Hall–Kier alpha value is -4.49. The van der Waals surface area contributed by atoms with Crippen LogP contribution in [0.2, 0.25) is 0 Å². The van der Waals surface area contributed by atoms with Crippen LogP contribution in [0.15, 0.2) is 24.3 Å². The number of unbranched alkanes of at least 4 members (excludes halogenated alkanes) is 1. The van der Waals surface area contributed by atoms with E-state index in [-0.39, 0.29) is 97.3 Å². The molecule has 1 aliphatic heterocycles. The first-order chi connectivity index (χ1) is 24.3. The van der Waals surface area contributed by atoms with Gasteiger partial charge in [-0.15, -0.1) is 0 Å². The zero-order valence-electron chi connectivity index (χ0n) is 29.2. The Kier molecular flexibility index (Phi) is 19.3. The van der Waals surface area contributed by atoms with Crippen LogP contribution >= 0.6 is 0 Å². The minimum absolute atomic E-state index is 0.0302. The minimum Gasteiger partial charge on any atom is -0.480 e. The van der Waals surface area contributed by atoms with Gasteiger partial charge in [-0.25, -0.2) is 0 Å². The highest BCUT2D eigenvalue weighted by molar-refractivity contribution is 5.98. The molecule has 1 heterocycles. The first-order valence-electron chi connectivity index (χ1n) is 17.0. The number of hydrogen-bond donors (Lipinski definition) is 7. The van der Waals surface area contributed by atoms with E-state index in [1.54, 1.807) is 50.8 Å². The van der Waals surface area contributed by atoms with Crippen molar-refractivity contribution in [1.29, 1.82) is 0 Å². The topological polar surface area (TPSA) is 255 Å². The van der Waals surface area contributed by atoms with E-state index in [1.807, 2.05) is 0 Å². The third-order valence-corrected chi connectivity index (χ3v) is 8.21. The monoisotopic (exact) mass is 720 g/mol. The maximum absolute atomic E-state index is 13.3. The average molecular weight is 721 g/mol. The average Bonchev–Trinajstić information content (AvgIpc) is 3.07. The molecule has 0 bridgehead atoms. The van der Waals surface area contributed by atoms with Crippen LogP contribution in [0.1, 0.15) is 43.0 Å². The van der Waals surface area contributed by atoms with Crippen LogP contribution in [0, 0.1) is 0 Å². The second-order valence-corrected chi connectivity index (χ2v) is 12.3. The molecular weight excluding hydrogens is 668 g/mol. The van der Waals surface area contributed by atoms with Crippen molar-refractivity contribution in [2.75, 3.05) is 96.9 Å². The number of rotatable bonds is 19. The van der Waals surface area contributed by atoms with Crippen LogP contribution in [0.25, 0.3) is 0 Å². The molecule has 1 aromatic rings. The van der Waals surface area contributed by atoms with Crippen LogP contribution in [0.5, 0.6) is 0 Å². The number of carboxylic acid groups (broad SMARTS) is 3. The first kappa shape index (κ1) is 42.7. The quantitative estimate of drug-likeness (QED) is 0.0629. The molecule has 8 N–H and O–H groups in total. The van der Waals surface area contributed by atoms with Crippen molar-refractivity contribution in [1.82, 2.24) is 30.2 Å². The summed E-state index contributed by atoms with van der Waals surface area (Å²) in [6, 6.07) is 5.41. The number of carbonyl (C=O) groups is 7. The second-order valence-electron chi connectivity index (χ2n) is 12.3. The Morgan fingerprint density at radius 2 is 1.14 bits per heavy atom.